The minimum absolute atomic E-state index is 0.534. The van der Waals surface area contributed by atoms with Gasteiger partial charge in [-0.2, -0.15) is 5.10 Å². The van der Waals surface area contributed by atoms with E-state index in [1.165, 1.54) is 0 Å². The average molecular weight is 400 g/mol. The Hall–Kier alpha value is -2.48. The van der Waals surface area contributed by atoms with E-state index in [0.29, 0.717) is 11.7 Å². The lowest BCUT2D eigenvalue weighted by atomic mass is 10.2. The van der Waals surface area contributed by atoms with Crippen LogP contribution in [-0.2, 0) is 11.3 Å². The van der Waals surface area contributed by atoms with Crippen LogP contribution in [0.15, 0.2) is 59.7 Å². The van der Waals surface area contributed by atoms with E-state index in [-0.39, 0.29) is 0 Å². The molecule has 28 heavy (non-hydrogen) atoms. The second kappa shape index (κ2) is 11.4. The highest BCUT2D eigenvalue weighted by Gasteiger charge is 2.12. The number of hydrogen-bond acceptors (Lipinski definition) is 4. The lowest BCUT2D eigenvalue weighted by Gasteiger charge is -2.23. The Bertz CT molecular complexity index is 747. The van der Waals surface area contributed by atoms with E-state index >= 15 is 0 Å². The van der Waals surface area contributed by atoms with E-state index in [1.807, 2.05) is 54.6 Å². The fourth-order valence-electron chi connectivity index (χ4n) is 2.86. The Balaban J connectivity index is 1.34. The molecule has 0 saturated carbocycles. The van der Waals surface area contributed by atoms with E-state index in [1.54, 1.807) is 11.1 Å². The van der Waals surface area contributed by atoms with Crippen LogP contribution in [0.2, 0.25) is 0 Å². The lowest BCUT2D eigenvalue weighted by Crippen LogP contribution is -3.14. The molecule has 1 aliphatic rings. The number of thiocarbonyl (C=S) groups is 1. The molecule has 2 aromatic carbocycles. The molecule has 0 radical (unpaired) electrons. The van der Waals surface area contributed by atoms with Gasteiger partial charge in [0, 0.05) is 0 Å². The Kier molecular flexibility index (Phi) is 8.24. The van der Waals surface area contributed by atoms with Crippen molar-refractivity contribution in [2.45, 2.75) is 6.61 Å². The summed E-state index contributed by atoms with van der Waals surface area (Å²) >= 11 is 5.25. The zero-order valence-electron chi connectivity index (χ0n) is 15.9. The minimum Gasteiger partial charge on any atom is -0.489 e. The predicted octanol–water partition coefficient (Wildman–Crippen LogP) is 0.979. The molecule has 1 heterocycles. The van der Waals surface area contributed by atoms with Crippen molar-refractivity contribution in [2.75, 3.05) is 39.4 Å². The molecule has 0 bridgehead atoms. The Labute approximate surface area is 171 Å². The number of nitrogens with one attached hydrogen (secondary N) is 3. The van der Waals surface area contributed by atoms with Gasteiger partial charge in [-0.15, -0.1) is 0 Å². The smallest absolute Gasteiger partial charge is 0.187 e. The molecular formula is C21H27N4O2S+. The summed E-state index contributed by atoms with van der Waals surface area (Å²) in [6, 6.07) is 17.9. The first kappa shape index (κ1) is 20.3. The van der Waals surface area contributed by atoms with Gasteiger partial charge in [0.05, 0.1) is 32.5 Å². The number of benzene rings is 2. The molecule has 1 saturated heterocycles. The molecule has 7 heteroatoms. The zero-order valence-corrected chi connectivity index (χ0v) is 16.7. The molecule has 0 aromatic heterocycles. The first-order chi connectivity index (χ1) is 13.8. The molecule has 0 spiro atoms. The summed E-state index contributed by atoms with van der Waals surface area (Å²) in [6.45, 7) is 6.22. The zero-order chi connectivity index (χ0) is 19.4. The largest absolute Gasteiger partial charge is 0.489 e. The standard InChI is InChI=1S/C21H26N4O2S/c28-21(22-10-11-25-12-14-26-15-13-25)24-23-16-18-6-8-20(9-7-18)27-17-19-4-2-1-3-5-19/h1-9,16H,10-15,17H2,(H2,22,24,28)/p+1/b23-16-. The van der Waals surface area contributed by atoms with Crippen LogP contribution in [0, 0.1) is 0 Å². The summed E-state index contributed by atoms with van der Waals surface area (Å²) in [5, 5.41) is 7.90. The highest BCUT2D eigenvalue weighted by molar-refractivity contribution is 7.80. The molecule has 0 unspecified atom stereocenters. The van der Waals surface area contributed by atoms with E-state index < -0.39 is 0 Å². The van der Waals surface area contributed by atoms with Crippen LogP contribution in [0.25, 0.3) is 0 Å². The maximum absolute atomic E-state index is 5.78. The van der Waals surface area contributed by atoms with Gasteiger partial charge in [-0.05, 0) is 47.6 Å². The van der Waals surface area contributed by atoms with Gasteiger partial charge >= 0.3 is 0 Å². The molecule has 148 valence electrons. The predicted molar refractivity (Wildman–Crippen MR) is 115 cm³/mol. The van der Waals surface area contributed by atoms with Crippen LogP contribution in [0.5, 0.6) is 5.75 Å². The van der Waals surface area contributed by atoms with Gasteiger partial charge in [-0.3, -0.25) is 5.43 Å². The first-order valence-corrected chi connectivity index (χ1v) is 9.95. The van der Waals surface area contributed by atoms with E-state index in [0.717, 1.165) is 56.3 Å². The average Bonchev–Trinajstić information content (AvgIpc) is 2.75. The molecular weight excluding hydrogens is 372 g/mol. The Morgan fingerprint density at radius 3 is 2.61 bits per heavy atom. The highest BCUT2D eigenvalue weighted by atomic mass is 32.1. The molecule has 6 nitrogen and oxygen atoms in total. The fourth-order valence-corrected chi connectivity index (χ4v) is 3.01. The van der Waals surface area contributed by atoms with E-state index in [2.05, 4.69) is 15.8 Å². The third-order valence-corrected chi connectivity index (χ3v) is 4.71. The molecule has 2 aromatic rings. The van der Waals surface area contributed by atoms with Crippen molar-refractivity contribution < 1.29 is 14.4 Å². The maximum Gasteiger partial charge on any atom is 0.187 e. The summed E-state index contributed by atoms with van der Waals surface area (Å²) < 4.78 is 11.1. The number of rotatable bonds is 8. The molecule has 3 N–H and O–H groups in total. The van der Waals surface area contributed by atoms with Crippen LogP contribution >= 0.6 is 12.2 Å². The number of nitrogens with zero attached hydrogens (tertiary/aromatic N) is 1. The monoisotopic (exact) mass is 399 g/mol. The topological polar surface area (TPSA) is 59.3 Å². The number of ether oxygens (including phenoxy) is 2. The Morgan fingerprint density at radius 2 is 1.86 bits per heavy atom. The lowest BCUT2D eigenvalue weighted by molar-refractivity contribution is -0.906. The van der Waals surface area contributed by atoms with Gasteiger partial charge in [0.15, 0.2) is 5.11 Å². The second-order valence-corrected chi connectivity index (χ2v) is 6.99. The van der Waals surface area contributed by atoms with E-state index in [4.69, 9.17) is 21.7 Å². The molecule has 0 atom stereocenters. The van der Waals surface area contributed by atoms with Crippen molar-refractivity contribution in [3.8, 4) is 5.75 Å². The number of quaternary nitrogens is 1. The van der Waals surface area contributed by atoms with Crippen molar-refractivity contribution in [1.82, 2.24) is 10.7 Å². The molecule has 1 fully saturated rings. The maximum atomic E-state index is 5.78. The Morgan fingerprint density at radius 1 is 1.11 bits per heavy atom. The quantitative estimate of drug-likeness (QED) is 0.351. The normalized spacial score (nSPS) is 14.7. The molecule has 0 amide bonds. The SMILES string of the molecule is S=C(NCC[NH+]1CCOCC1)N/N=C\c1ccc(OCc2ccccc2)cc1. The van der Waals surface area contributed by atoms with Gasteiger partial charge in [0.1, 0.15) is 25.4 Å². The van der Waals surface area contributed by atoms with Gasteiger partial charge in [-0.1, -0.05) is 30.3 Å². The fraction of sp³-hybridized carbons (Fsp3) is 0.333. The second-order valence-electron chi connectivity index (χ2n) is 6.58. The van der Waals surface area contributed by atoms with Crippen molar-refractivity contribution in [3.05, 3.63) is 65.7 Å². The summed E-state index contributed by atoms with van der Waals surface area (Å²) in [5.41, 5.74) is 4.97. The summed E-state index contributed by atoms with van der Waals surface area (Å²) in [6.07, 6.45) is 1.74. The van der Waals surface area contributed by atoms with E-state index in [9.17, 15) is 0 Å². The minimum atomic E-state index is 0.534. The van der Waals surface area contributed by atoms with Crippen LogP contribution in [0.1, 0.15) is 11.1 Å². The highest BCUT2D eigenvalue weighted by Crippen LogP contribution is 2.13. The van der Waals surface area contributed by atoms with Crippen LogP contribution in [0.4, 0.5) is 0 Å². The number of hydrazone groups is 1. The third kappa shape index (κ3) is 7.26. The molecule has 3 rings (SSSR count). The van der Waals surface area contributed by atoms with Crippen LogP contribution < -0.4 is 20.4 Å². The van der Waals surface area contributed by atoms with Gasteiger partial charge in [0.25, 0.3) is 0 Å². The van der Waals surface area contributed by atoms with Crippen molar-refractivity contribution in [1.29, 1.82) is 0 Å². The number of hydrogen-bond donors (Lipinski definition) is 3. The van der Waals surface area contributed by atoms with Crippen molar-refractivity contribution in [3.63, 3.8) is 0 Å². The van der Waals surface area contributed by atoms with Gasteiger partial charge < -0.3 is 19.7 Å². The third-order valence-electron chi connectivity index (χ3n) is 4.47. The van der Waals surface area contributed by atoms with Gasteiger partial charge in [-0.25, -0.2) is 0 Å². The summed E-state index contributed by atoms with van der Waals surface area (Å²) in [5.74, 6) is 0.830. The van der Waals surface area contributed by atoms with Crippen LogP contribution in [-0.4, -0.2) is 50.7 Å². The van der Waals surface area contributed by atoms with Crippen molar-refractivity contribution in [2.24, 2.45) is 5.10 Å². The molecule has 1 aliphatic heterocycles. The van der Waals surface area contributed by atoms with Crippen molar-refractivity contribution >= 4 is 23.5 Å². The van der Waals surface area contributed by atoms with Gasteiger partial charge in [0.2, 0.25) is 0 Å². The van der Waals surface area contributed by atoms with Crippen LogP contribution in [0.3, 0.4) is 0 Å². The first-order valence-electron chi connectivity index (χ1n) is 9.54. The summed E-state index contributed by atoms with van der Waals surface area (Å²) in [7, 11) is 0. The molecule has 0 aliphatic carbocycles. The number of morpholine rings is 1. The summed E-state index contributed by atoms with van der Waals surface area (Å²) in [4.78, 5) is 1.54.